The number of nitrogens with two attached hydrogens (primary N) is 1. The van der Waals surface area contributed by atoms with Crippen LogP contribution in [0.3, 0.4) is 0 Å². The third kappa shape index (κ3) is 3.55. The minimum absolute atomic E-state index is 0.175. The summed E-state index contributed by atoms with van der Waals surface area (Å²) in [5.41, 5.74) is 6.12. The largest absolute Gasteiger partial charge is 0.398 e. The summed E-state index contributed by atoms with van der Waals surface area (Å²) in [7, 11) is -3.53. The molecule has 0 unspecified atom stereocenters. The second kappa shape index (κ2) is 5.72. The van der Waals surface area contributed by atoms with E-state index in [0.717, 1.165) is 0 Å². The Hall–Kier alpha value is -1.38. The lowest BCUT2D eigenvalue weighted by atomic mass is 10.3. The van der Waals surface area contributed by atoms with Crippen LogP contribution in [0.2, 0.25) is 0 Å². The van der Waals surface area contributed by atoms with Crippen molar-refractivity contribution in [1.82, 2.24) is 14.5 Å². The van der Waals surface area contributed by atoms with Crippen molar-refractivity contribution in [2.75, 3.05) is 12.3 Å². The Morgan fingerprint density at radius 1 is 1.42 bits per heavy atom. The zero-order chi connectivity index (χ0) is 13.9. The average molecular weight is 345 g/mol. The summed E-state index contributed by atoms with van der Waals surface area (Å²) in [5.74, 6) is 0. The van der Waals surface area contributed by atoms with E-state index in [1.54, 1.807) is 29.2 Å². The molecule has 1 heterocycles. The van der Waals surface area contributed by atoms with Gasteiger partial charge in [0.15, 0.2) is 0 Å². The van der Waals surface area contributed by atoms with Crippen molar-refractivity contribution in [2.45, 2.75) is 11.4 Å². The fourth-order valence-electron chi connectivity index (χ4n) is 1.49. The highest BCUT2D eigenvalue weighted by atomic mass is 79.9. The summed E-state index contributed by atoms with van der Waals surface area (Å²) in [4.78, 5) is 0.175. The first kappa shape index (κ1) is 14.0. The summed E-state index contributed by atoms with van der Waals surface area (Å²) < 4.78 is 28.8. The van der Waals surface area contributed by atoms with Gasteiger partial charge in [-0.25, -0.2) is 13.1 Å². The van der Waals surface area contributed by atoms with Crippen molar-refractivity contribution in [1.29, 1.82) is 0 Å². The number of nitrogens with one attached hydrogen (secondary N) is 1. The number of aromatic nitrogens is 2. The van der Waals surface area contributed by atoms with Crippen LogP contribution in [0.1, 0.15) is 0 Å². The van der Waals surface area contributed by atoms with Crippen molar-refractivity contribution in [3.8, 4) is 0 Å². The van der Waals surface area contributed by atoms with E-state index in [9.17, 15) is 8.42 Å². The first-order valence-electron chi connectivity index (χ1n) is 5.51. The van der Waals surface area contributed by atoms with Gasteiger partial charge in [0.2, 0.25) is 10.0 Å². The number of nitrogen functional groups attached to an aromatic ring is 1. The molecule has 0 aliphatic carbocycles. The SMILES string of the molecule is Nc1ccc(S(=O)(=O)NCCn2cccn2)cc1Br. The third-order valence-electron chi connectivity index (χ3n) is 2.47. The quantitative estimate of drug-likeness (QED) is 0.797. The molecule has 2 aromatic rings. The van der Waals surface area contributed by atoms with Crippen LogP contribution in [0, 0.1) is 0 Å². The van der Waals surface area contributed by atoms with E-state index >= 15 is 0 Å². The summed E-state index contributed by atoms with van der Waals surface area (Å²) >= 11 is 3.21. The fourth-order valence-corrected chi connectivity index (χ4v) is 3.06. The first-order valence-corrected chi connectivity index (χ1v) is 7.79. The van der Waals surface area contributed by atoms with E-state index in [1.807, 2.05) is 0 Å². The smallest absolute Gasteiger partial charge is 0.240 e. The van der Waals surface area contributed by atoms with Crippen molar-refractivity contribution in [3.05, 3.63) is 41.1 Å². The van der Waals surface area contributed by atoms with Gasteiger partial charge in [-0.3, -0.25) is 4.68 Å². The topological polar surface area (TPSA) is 90.0 Å². The summed E-state index contributed by atoms with van der Waals surface area (Å²) in [6.45, 7) is 0.744. The third-order valence-corrected chi connectivity index (χ3v) is 4.62. The Bertz CT molecular complexity index is 655. The molecule has 102 valence electrons. The molecule has 0 aliphatic rings. The lowest BCUT2D eigenvalue weighted by Crippen LogP contribution is -2.27. The zero-order valence-corrected chi connectivity index (χ0v) is 12.4. The minimum Gasteiger partial charge on any atom is -0.398 e. The normalized spacial score (nSPS) is 11.6. The van der Waals surface area contributed by atoms with Gasteiger partial charge < -0.3 is 5.73 Å². The van der Waals surface area contributed by atoms with Gasteiger partial charge in [0.25, 0.3) is 0 Å². The van der Waals surface area contributed by atoms with Gasteiger partial charge in [-0.2, -0.15) is 5.10 Å². The molecule has 1 aromatic carbocycles. The Morgan fingerprint density at radius 2 is 2.21 bits per heavy atom. The average Bonchev–Trinajstić information content (AvgIpc) is 2.85. The Morgan fingerprint density at radius 3 is 2.84 bits per heavy atom. The van der Waals surface area contributed by atoms with Gasteiger partial charge in [-0.05, 0) is 40.2 Å². The summed E-state index contributed by atoms with van der Waals surface area (Å²) in [6.07, 6.45) is 3.42. The van der Waals surface area contributed by atoms with Gasteiger partial charge in [-0.15, -0.1) is 0 Å². The highest BCUT2D eigenvalue weighted by Crippen LogP contribution is 2.22. The molecule has 2 rings (SSSR count). The molecule has 3 N–H and O–H groups in total. The number of halogens is 1. The molecular formula is C11H13BrN4O2S. The van der Waals surface area contributed by atoms with Crippen LogP contribution in [-0.4, -0.2) is 24.7 Å². The van der Waals surface area contributed by atoms with E-state index < -0.39 is 10.0 Å². The van der Waals surface area contributed by atoms with Gasteiger partial charge in [-0.1, -0.05) is 0 Å². The molecule has 0 aliphatic heterocycles. The monoisotopic (exact) mass is 344 g/mol. The Kier molecular flexibility index (Phi) is 4.23. The van der Waals surface area contributed by atoms with E-state index in [1.165, 1.54) is 12.1 Å². The van der Waals surface area contributed by atoms with E-state index in [2.05, 4.69) is 25.8 Å². The molecule has 0 fully saturated rings. The molecule has 6 nitrogen and oxygen atoms in total. The number of sulfonamides is 1. The number of hydrogen-bond acceptors (Lipinski definition) is 4. The lowest BCUT2D eigenvalue weighted by Gasteiger charge is -2.08. The van der Waals surface area contributed by atoms with Crippen LogP contribution in [0.5, 0.6) is 0 Å². The Balaban J connectivity index is 2.03. The number of rotatable bonds is 5. The van der Waals surface area contributed by atoms with E-state index in [0.29, 0.717) is 16.7 Å². The highest BCUT2D eigenvalue weighted by molar-refractivity contribution is 9.10. The molecule has 0 radical (unpaired) electrons. The summed E-state index contributed by atoms with van der Waals surface area (Å²) in [5, 5.41) is 3.99. The van der Waals surface area contributed by atoms with Gasteiger partial charge in [0, 0.05) is 29.1 Å². The molecule has 0 saturated heterocycles. The van der Waals surface area contributed by atoms with Crippen LogP contribution in [0.25, 0.3) is 0 Å². The molecule has 1 aromatic heterocycles. The predicted molar refractivity (Wildman–Crippen MR) is 76.0 cm³/mol. The van der Waals surface area contributed by atoms with Crippen molar-refractivity contribution in [2.24, 2.45) is 0 Å². The lowest BCUT2D eigenvalue weighted by molar-refractivity contribution is 0.561. The zero-order valence-electron chi connectivity index (χ0n) is 9.95. The molecular weight excluding hydrogens is 332 g/mol. The Labute approximate surface area is 119 Å². The number of benzene rings is 1. The second-order valence-electron chi connectivity index (χ2n) is 3.85. The molecule has 0 spiro atoms. The van der Waals surface area contributed by atoms with Crippen LogP contribution in [-0.2, 0) is 16.6 Å². The summed E-state index contributed by atoms with van der Waals surface area (Å²) in [6, 6.07) is 6.28. The fraction of sp³-hybridized carbons (Fsp3) is 0.182. The van der Waals surface area contributed by atoms with Crippen LogP contribution >= 0.6 is 15.9 Å². The van der Waals surface area contributed by atoms with Crippen molar-refractivity contribution in [3.63, 3.8) is 0 Å². The van der Waals surface area contributed by atoms with Crippen molar-refractivity contribution >= 4 is 31.6 Å². The highest BCUT2D eigenvalue weighted by Gasteiger charge is 2.14. The van der Waals surface area contributed by atoms with Crippen LogP contribution in [0.4, 0.5) is 5.69 Å². The maximum absolute atomic E-state index is 12.0. The number of nitrogens with zero attached hydrogens (tertiary/aromatic N) is 2. The first-order chi connectivity index (χ1) is 8.99. The number of anilines is 1. The maximum atomic E-state index is 12.0. The molecule has 0 saturated carbocycles. The van der Waals surface area contributed by atoms with Crippen molar-refractivity contribution < 1.29 is 8.42 Å². The molecule has 19 heavy (non-hydrogen) atoms. The van der Waals surface area contributed by atoms with Crippen LogP contribution in [0.15, 0.2) is 46.0 Å². The predicted octanol–water partition coefficient (Wildman–Crippen LogP) is 1.21. The molecule has 0 bridgehead atoms. The van der Waals surface area contributed by atoms with Gasteiger partial charge >= 0.3 is 0 Å². The molecule has 8 heteroatoms. The van der Waals surface area contributed by atoms with E-state index in [-0.39, 0.29) is 11.4 Å². The number of hydrogen-bond donors (Lipinski definition) is 2. The second-order valence-corrected chi connectivity index (χ2v) is 6.47. The van der Waals surface area contributed by atoms with E-state index in [4.69, 9.17) is 5.73 Å². The molecule has 0 amide bonds. The van der Waals surface area contributed by atoms with Crippen LogP contribution < -0.4 is 10.5 Å². The minimum atomic E-state index is -3.53. The van der Waals surface area contributed by atoms with Gasteiger partial charge in [0.1, 0.15) is 0 Å². The standard InChI is InChI=1S/C11H13BrN4O2S/c12-10-8-9(2-3-11(10)13)19(17,18)15-5-7-16-6-1-4-14-16/h1-4,6,8,15H,5,7,13H2. The maximum Gasteiger partial charge on any atom is 0.240 e. The van der Waals surface area contributed by atoms with Gasteiger partial charge in [0.05, 0.1) is 11.4 Å². The molecule has 0 atom stereocenters.